The van der Waals surface area contributed by atoms with Crippen molar-refractivity contribution in [3.8, 4) is 17.2 Å². The van der Waals surface area contributed by atoms with Crippen LogP contribution in [0.5, 0.6) is 17.2 Å². The average molecular weight is 429 g/mol. The van der Waals surface area contributed by atoms with Gasteiger partial charge in [-0.05, 0) is 48.9 Å². The third-order valence-corrected chi connectivity index (χ3v) is 6.15. The lowest BCUT2D eigenvalue weighted by molar-refractivity contribution is -0.808. The Kier molecular flexibility index (Phi) is 6.63. The van der Waals surface area contributed by atoms with E-state index >= 15 is 0 Å². The van der Waals surface area contributed by atoms with Crippen molar-refractivity contribution in [2.45, 2.75) is 45.4 Å². The van der Waals surface area contributed by atoms with Crippen molar-refractivity contribution in [3.05, 3.63) is 47.0 Å². The first-order valence-corrected chi connectivity index (χ1v) is 10.7. The molecule has 30 heavy (non-hydrogen) atoms. The smallest absolute Gasteiger partial charge is 0.177 e. The first kappa shape index (κ1) is 22.1. The van der Waals surface area contributed by atoms with Crippen LogP contribution in [0.3, 0.4) is 0 Å². The molecule has 0 saturated carbocycles. The molecule has 1 aliphatic heterocycles. The normalized spacial score (nSPS) is 18.0. The zero-order valence-corrected chi connectivity index (χ0v) is 18.7. The van der Waals surface area contributed by atoms with Gasteiger partial charge in [0.25, 0.3) is 0 Å². The molecule has 160 valence electrons. The molecule has 7 heteroatoms. The highest BCUT2D eigenvalue weighted by Crippen LogP contribution is 2.35. The van der Waals surface area contributed by atoms with E-state index in [9.17, 15) is 15.3 Å². The SMILES string of the molecule is CC[NH+](C)c1cc(C2CCC(c3cc(C(C)C)c(O)cc3O)=NNC2=S)ccc1O. The Bertz CT molecular complexity index is 988. The van der Waals surface area contributed by atoms with E-state index in [1.807, 2.05) is 33.0 Å². The fourth-order valence-corrected chi connectivity index (χ4v) is 4.07. The van der Waals surface area contributed by atoms with Crippen molar-refractivity contribution in [1.29, 1.82) is 0 Å². The topological polar surface area (TPSA) is 89.5 Å². The maximum absolute atomic E-state index is 10.4. The Morgan fingerprint density at radius 3 is 2.53 bits per heavy atom. The molecule has 0 aliphatic carbocycles. The van der Waals surface area contributed by atoms with Crippen LogP contribution in [0.4, 0.5) is 5.69 Å². The van der Waals surface area contributed by atoms with Gasteiger partial charge in [-0.3, -0.25) is 5.43 Å². The van der Waals surface area contributed by atoms with E-state index < -0.39 is 0 Å². The molecular formula is C23H30N3O3S+. The van der Waals surface area contributed by atoms with Crippen molar-refractivity contribution >= 4 is 28.6 Å². The van der Waals surface area contributed by atoms with Gasteiger partial charge < -0.3 is 20.2 Å². The number of phenolic OH excluding ortho intramolecular Hbond substituents is 3. The largest absolute Gasteiger partial charge is 0.508 e. The molecule has 2 aromatic carbocycles. The second-order valence-corrected chi connectivity index (χ2v) is 8.56. The average Bonchev–Trinajstić information content (AvgIpc) is 2.89. The maximum atomic E-state index is 10.4. The van der Waals surface area contributed by atoms with Crippen LogP contribution in [0.15, 0.2) is 35.4 Å². The minimum absolute atomic E-state index is 0.00177. The number of thiocarbonyl (C=S) groups is 1. The maximum Gasteiger partial charge on any atom is 0.177 e. The molecule has 0 fully saturated rings. The molecule has 0 amide bonds. The second-order valence-electron chi connectivity index (χ2n) is 8.12. The van der Waals surface area contributed by atoms with E-state index in [0.717, 1.165) is 34.7 Å². The van der Waals surface area contributed by atoms with E-state index in [4.69, 9.17) is 12.2 Å². The number of phenols is 3. The number of rotatable bonds is 5. The fourth-order valence-electron chi connectivity index (χ4n) is 3.77. The summed E-state index contributed by atoms with van der Waals surface area (Å²) in [6.07, 6.45) is 1.33. The molecule has 2 aromatic rings. The van der Waals surface area contributed by atoms with Crippen LogP contribution in [0.25, 0.3) is 0 Å². The number of nitrogens with zero attached hydrogens (tertiary/aromatic N) is 1. The molecule has 5 N–H and O–H groups in total. The highest BCUT2D eigenvalue weighted by Gasteiger charge is 2.25. The number of hydrazone groups is 1. The predicted molar refractivity (Wildman–Crippen MR) is 123 cm³/mol. The quantitative estimate of drug-likeness (QED) is 0.373. The summed E-state index contributed by atoms with van der Waals surface area (Å²) in [6, 6.07) is 8.81. The zero-order valence-electron chi connectivity index (χ0n) is 17.9. The van der Waals surface area contributed by atoms with Gasteiger partial charge in [0.05, 0.1) is 19.3 Å². The summed E-state index contributed by atoms with van der Waals surface area (Å²) in [4.78, 5) is 1.73. The second kappa shape index (κ2) is 9.02. The van der Waals surface area contributed by atoms with Gasteiger partial charge in [0.1, 0.15) is 16.5 Å². The Morgan fingerprint density at radius 2 is 1.87 bits per heavy atom. The van der Waals surface area contributed by atoms with Gasteiger partial charge in [-0.2, -0.15) is 5.10 Å². The van der Waals surface area contributed by atoms with Crippen molar-refractivity contribution in [2.75, 3.05) is 13.6 Å². The Morgan fingerprint density at radius 1 is 1.13 bits per heavy atom. The molecule has 1 aliphatic rings. The lowest BCUT2D eigenvalue weighted by Crippen LogP contribution is -3.03. The van der Waals surface area contributed by atoms with Crippen molar-refractivity contribution < 1.29 is 20.2 Å². The van der Waals surface area contributed by atoms with Crippen LogP contribution in [0.2, 0.25) is 0 Å². The predicted octanol–water partition coefficient (Wildman–Crippen LogP) is 3.29. The molecule has 1 heterocycles. The van der Waals surface area contributed by atoms with Gasteiger partial charge >= 0.3 is 0 Å². The van der Waals surface area contributed by atoms with E-state index in [1.54, 1.807) is 12.1 Å². The Labute approximate surface area is 182 Å². The molecule has 0 bridgehead atoms. The first-order chi connectivity index (χ1) is 14.2. The fraction of sp³-hybridized carbons (Fsp3) is 0.391. The van der Waals surface area contributed by atoms with Gasteiger partial charge in [0.2, 0.25) is 0 Å². The Balaban J connectivity index is 1.90. The summed E-state index contributed by atoms with van der Waals surface area (Å²) in [5.41, 5.74) is 6.94. The number of aromatic hydroxyl groups is 3. The van der Waals surface area contributed by atoms with Crippen molar-refractivity contribution in [3.63, 3.8) is 0 Å². The molecule has 2 unspecified atom stereocenters. The molecule has 6 nitrogen and oxygen atoms in total. The number of nitrogens with one attached hydrogen (secondary N) is 2. The Hall–Kier alpha value is -2.64. The summed E-state index contributed by atoms with van der Waals surface area (Å²) < 4.78 is 0. The number of hydrogen-bond acceptors (Lipinski definition) is 5. The number of hydrogen-bond donors (Lipinski definition) is 5. The minimum atomic E-state index is -0.0471. The van der Waals surface area contributed by atoms with E-state index in [1.165, 1.54) is 6.07 Å². The van der Waals surface area contributed by atoms with E-state index in [0.29, 0.717) is 22.7 Å². The highest BCUT2D eigenvalue weighted by atomic mass is 32.1. The van der Waals surface area contributed by atoms with Gasteiger partial charge in [-0.25, -0.2) is 0 Å². The van der Waals surface area contributed by atoms with Gasteiger partial charge in [-0.15, -0.1) is 0 Å². The summed E-state index contributed by atoms with van der Waals surface area (Å²) >= 11 is 5.60. The summed E-state index contributed by atoms with van der Waals surface area (Å²) in [6.45, 7) is 6.91. The van der Waals surface area contributed by atoms with Crippen LogP contribution in [0, 0.1) is 0 Å². The molecular weight excluding hydrogens is 398 g/mol. The molecule has 0 spiro atoms. The van der Waals surface area contributed by atoms with E-state index in [-0.39, 0.29) is 29.1 Å². The molecule has 0 saturated heterocycles. The molecule has 2 atom stereocenters. The summed E-state index contributed by atoms with van der Waals surface area (Å²) in [7, 11) is 2.02. The van der Waals surface area contributed by atoms with Crippen LogP contribution in [0.1, 0.15) is 62.1 Å². The van der Waals surface area contributed by atoms with Gasteiger partial charge in [0, 0.05) is 23.6 Å². The number of quaternary nitrogens is 1. The number of benzene rings is 2. The summed E-state index contributed by atoms with van der Waals surface area (Å²) in [5, 5.41) is 35.2. The van der Waals surface area contributed by atoms with Gasteiger partial charge in [0.15, 0.2) is 11.4 Å². The third-order valence-electron chi connectivity index (χ3n) is 5.78. The zero-order chi connectivity index (χ0) is 22.0. The van der Waals surface area contributed by atoms with E-state index in [2.05, 4.69) is 17.5 Å². The third kappa shape index (κ3) is 4.42. The van der Waals surface area contributed by atoms with Gasteiger partial charge in [-0.1, -0.05) is 32.1 Å². The minimum Gasteiger partial charge on any atom is -0.508 e. The first-order valence-electron chi connectivity index (χ1n) is 10.3. The van der Waals surface area contributed by atoms with Crippen LogP contribution in [-0.4, -0.2) is 39.6 Å². The van der Waals surface area contributed by atoms with Crippen LogP contribution >= 0.6 is 12.2 Å². The van der Waals surface area contributed by atoms with Crippen LogP contribution < -0.4 is 10.3 Å². The lowest BCUT2D eigenvalue weighted by Gasteiger charge is -2.18. The van der Waals surface area contributed by atoms with Crippen LogP contribution in [-0.2, 0) is 0 Å². The van der Waals surface area contributed by atoms with Crippen molar-refractivity contribution in [1.82, 2.24) is 5.43 Å². The standard InChI is InChI=1S/C23H29N3O3S/c1-5-26(4)19-10-14(6-9-20(19)27)15-7-8-18(24-25-23(15)30)17-11-16(13(2)3)21(28)12-22(17)29/h6,9-13,15,27-29H,5,7-8H2,1-4H3,(H,25,30)/p+1. The molecule has 0 aromatic heterocycles. The summed E-state index contributed by atoms with van der Waals surface area (Å²) in [5.74, 6) is 0.431. The lowest BCUT2D eigenvalue weighted by atomic mass is 9.90. The highest BCUT2D eigenvalue weighted by molar-refractivity contribution is 7.80. The molecule has 3 rings (SSSR count). The molecule has 0 radical (unpaired) electrons. The van der Waals surface area contributed by atoms with Crippen molar-refractivity contribution in [2.24, 2.45) is 5.10 Å². The monoisotopic (exact) mass is 428 g/mol.